The molecule has 1 fully saturated rings. The van der Waals surface area contributed by atoms with Crippen LogP contribution in [-0.4, -0.2) is 19.3 Å². The average molecular weight is 279 g/mol. The summed E-state index contributed by atoms with van der Waals surface area (Å²) in [7, 11) is 0. The van der Waals surface area contributed by atoms with Crippen LogP contribution in [0.1, 0.15) is 49.7 Å². The van der Waals surface area contributed by atoms with E-state index in [0.717, 1.165) is 31.7 Å². The van der Waals surface area contributed by atoms with Gasteiger partial charge in [-0.1, -0.05) is 25.3 Å². The Morgan fingerprint density at radius 2 is 2.05 bits per heavy atom. The van der Waals surface area contributed by atoms with Gasteiger partial charge in [0.05, 0.1) is 6.10 Å². The molecule has 112 valence electrons. The highest BCUT2D eigenvalue weighted by molar-refractivity contribution is 5.26. The molecular weight excluding hydrogens is 253 g/mol. The van der Waals surface area contributed by atoms with E-state index in [2.05, 4.69) is 5.32 Å². The maximum Gasteiger partial charge on any atom is 0.123 e. The van der Waals surface area contributed by atoms with Crippen LogP contribution in [0.3, 0.4) is 0 Å². The van der Waals surface area contributed by atoms with Crippen molar-refractivity contribution in [1.82, 2.24) is 5.32 Å². The van der Waals surface area contributed by atoms with Crippen molar-refractivity contribution in [3.8, 4) is 0 Å². The van der Waals surface area contributed by atoms with Gasteiger partial charge in [0.2, 0.25) is 0 Å². The highest BCUT2D eigenvalue weighted by Gasteiger charge is 2.12. The smallest absolute Gasteiger partial charge is 0.123 e. The average Bonchev–Trinajstić information content (AvgIpc) is 2.46. The number of hydrogen-bond donors (Lipinski definition) is 1. The van der Waals surface area contributed by atoms with Crippen molar-refractivity contribution in [3.05, 3.63) is 35.1 Å². The maximum absolute atomic E-state index is 13.0. The minimum atomic E-state index is -0.160. The topological polar surface area (TPSA) is 21.3 Å². The summed E-state index contributed by atoms with van der Waals surface area (Å²) in [4.78, 5) is 0. The van der Waals surface area contributed by atoms with Crippen molar-refractivity contribution < 1.29 is 9.13 Å². The summed E-state index contributed by atoms with van der Waals surface area (Å²) in [6, 6.07) is 4.97. The van der Waals surface area contributed by atoms with Crippen molar-refractivity contribution in [2.45, 2.75) is 58.1 Å². The van der Waals surface area contributed by atoms with E-state index in [9.17, 15) is 4.39 Å². The van der Waals surface area contributed by atoms with Crippen molar-refractivity contribution in [1.29, 1.82) is 0 Å². The summed E-state index contributed by atoms with van der Waals surface area (Å²) in [5.41, 5.74) is 2.18. The van der Waals surface area contributed by atoms with E-state index in [1.807, 2.05) is 13.0 Å². The second-order valence-electron chi connectivity index (χ2n) is 5.73. The Morgan fingerprint density at radius 3 is 2.80 bits per heavy atom. The fourth-order valence-corrected chi connectivity index (χ4v) is 2.76. The maximum atomic E-state index is 13.0. The van der Waals surface area contributed by atoms with Gasteiger partial charge in [0.1, 0.15) is 5.82 Å². The zero-order valence-corrected chi connectivity index (χ0v) is 12.5. The monoisotopic (exact) mass is 279 g/mol. The van der Waals surface area contributed by atoms with E-state index >= 15 is 0 Å². The summed E-state index contributed by atoms with van der Waals surface area (Å²) >= 11 is 0. The van der Waals surface area contributed by atoms with Crippen LogP contribution in [-0.2, 0) is 11.3 Å². The van der Waals surface area contributed by atoms with Crippen LogP contribution in [0, 0.1) is 12.7 Å². The Hall–Kier alpha value is -0.930. The van der Waals surface area contributed by atoms with Gasteiger partial charge in [0.25, 0.3) is 0 Å². The molecule has 0 unspecified atom stereocenters. The molecule has 2 nitrogen and oxygen atoms in total. The van der Waals surface area contributed by atoms with Crippen molar-refractivity contribution in [2.75, 3.05) is 13.2 Å². The number of benzene rings is 1. The summed E-state index contributed by atoms with van der Waals surface area (Å²) in [6.07, 6.45) is 8.04. The molecule has 1 N–H and O–H groups in total. The number of ether oxygens (including phenoxy) is 1. The van der Waals surface area contributed by atoms with E-state index in [1.54, 1.807) is 6.07 Å². The highest BCUT2D eigenvalue weighted by atomic mass is 19.1. The normalized spacial score (nSPS) is 16.5. The van der Waals surface area contributed by atoms with Crippen molar-refractivity contribution >= 4 is 0 Å². The molecule has 0 aliphatic heterocycles. The van der Waals surface area contributed by atoms with Gasteiger partial charge in [0.15, 0.2) is 0 Å². The lowest BCUT2D eigenvalue weighted by atomic mass is 9.98. The Morgan fingerprint density at radius 1 is 1.25 bits per heavy atom. The van der Waals surface area contributed by atoms with Crippen LogP contribution in [0.5, 0.6) is 0 Å². The molecule has 1 saturated carbocycles. The first kappa shape index (κ1) is 15.5. The van der Waals surface area contributed by atoms with E-state index < -0.39 is 0 Å². The van der Waals surface area contributed by atoms with Gasteiger partial charge in [0, 0.05) is 13.2 Å². The number of hydrogen-bond acceptors (Lipinski definition) is 2. The summed E-state index contributed by atoms with van der Waals surface area (Å²) < 4.78 is 18.9. The van der Waals surface area contributed by atoms with Crippen molar-refractivity contribution in [3.63, 3.8) is 0 Å². The molecule has 0 atom stereocenters. The summed E-state index contributed by atoms with van der Waals surface area (Å²) in [5, 5.41) is 3.40. The zero-order chi connectivity index (χ0) is 14.2. The van der Waals surface area contributed by atoms with Crippen LogP contribution >= 0.6 is 0 Å². The molecule has 1 aliphatic carbocycles. The van der Waals surface area contributed by atoms with Gasteiger partial charge < -0.3 is 10.1 Å². The third kappa shape index (κ3) is 5.22. The predicted molar refractivity (Wildman–Crippen MR) is 80.3 cm³/mol. The molecule has 1 aliphatic rings. The number of halogens is 1. The Balaban J connectivity index is 1.55. The molecule has 1 aromatic carbocycles. The molecule has 0 aromatic heterocycles. The van der Waals surface area contributed by atoms with E-state index in [0.29, 0.717) is 6.10 Å². The molecule has 0 amide bonds. The van der Waals surface area contributed by atoms with Crippen LogP contribution in [0.25, 0.3) is 0 Å². The van der Waals surface area contributed by atoms with Gasteiger partial charge in [-0.15, -0.1) is 0 Å². The molecule has 0 saturated heterocycles. The summed E-state index contributed by atoms with van der Waals surface area (Å²) in [5.74, 6) is -0.160. The quantitative estimate of drug-likeness (QED) is 0.763. The van der Waals surface area contributed by atoms with Crippen LogP contribution < -0.4 is 5.32 Å². The summed E-state index contributed by atoms with van der Waals surface area (Å²) in [6.45, 7) is 4.55. The first-order valence-corrected chi connectivity index (χ1v) is 7.83. The SMILES string of the molecule is Cc1cc(F)ccc1CNCCCOC1CCCCC1. The highest BCUT2D eigenvalue weighted by Crippen LogP contribution is 2.20. The largest absolute Gasteiger partial charge is 0.378 e. The van der Waals surface area contributed by atoms with Crippen LogP contribution in [0.15, 0.2) is 18.2 Å². The lowest BCUT2D eigenvalue weighted by molar-refractivity contribution is 0.0273. The minimum absolute atomic E-state index is 0.160. The molecule has 0 spiro atoms. The van der Waals surface area contributed by atoms with Gasteiger partial charge >= 0.3 is 0 Å². The first-order valence-electron chi connectivity index (χ1n) is 7.83. The zero-order valence-electron chi connectivity index (χ0n) is 12.5. The Labute approximate surface area is 121 Å². The minimum Gasteiger partial charge on any atom is -0.378 e. The third-order valence-electron chi connectivity index (χ3n) is 4.02. The Bertz CT molecular complexity index is 402. The van der Waals surface area contributed by atoms with Gasteiger partial charge in [-0.3, -0.25) is 0 Å². The first-order chi connectivity index (χ1) is 9.75. The second-order valence-corrected chi connectivity index (χ2v) is 5.73. The predicted octanol–water partition coefficient (Wildman–Crippen LogP) is 3.96. The van der Waals surface area contributed by atoms with Gasteiger partial charge in [-0.25, -0.2) is 4.39 Å². The standard InChI is InChI=1S/C17H26FNO/c1-14-12-16(18)9-8-15(14)13-19-10-5-11-20-17-6-3-2-4-7-17/h8-9,12,17,19H,2-7,10-11,13H2,1H3. The molecule has 20 heavy (non-hydrogen) atoms. The molecular formula is C17H26FNO. The van der Waals surface area contributed by atoms with Crippen LogP contribution in [0.4, 0.5) is 4.39 Å². The fraction of sp³-hybridized carbons (Fsp3) is 0.647. The van der Waals surface area contributed by atoms with E-state index in [1.165, 1.54) is 43.7 Å². The molecule has 1 aromatic rings. The third-order valence-corrected chi connectivity index (χ3v) is 4.02. The van der Waals surface area contributed by atoms with Crippen molar-refractivity contribution in [2.24, 2.45) is 0 Å². The van der Waals surface area contributed by atoms with E-state index in [-0.39, 0.29) is 5.82 Å². The number of nitrogens with one attached hydrogen (secondary N) is 1. The van der Waals surface area contributed by atoms with Gasteiger partial charge in [-0.2, -0.15) is 0 Å². The molecule has 0 bridgehead atoms. The molecule has 0 radical (unpaired) electrons. The number of rotatable bonds is 7. The lowest BCUT2D eigenvalue weighted by Gasteiger charge is -2.21. The molecule has 2 rings (SSSR count). The van der Waals surface area contributed by atoms with Crippen LogP contribution in [0.2, 0.25) is 0 Å². The lowest BCUT2D eigenvalue weighted by Crippen LogP contribution is -2.21. The molecule has 0 heterocycles. The fourth-order valence-electron chi connectivity index (χ4n) is 2.76. The molecule has 3 heteroatoms. The number of aryl methyl sites for hydroxylation is 1. The van der Waals surface area contributed by atoms with Gasteiger partial charge in [-0.05, 0) is 56.0 Å². The Kier molecular flexibility index (Phi) is 6.48. The van der Waals surface area contributed by atoms with E-state index in [4.69, 9.17) is 4.74 Å². The second kappa shape index (κ2) is 8.38.